The largest absolute Gasteiger partial charge is 0.503 e. The zero-order valence-electron chi connectivity index (χ0n) is 16.0. The molecule has 0 aromatic heterocycles. The van der Waals surface area contributed by atoms with Gasteiger partial charge in [-0.1, -0.05) is 62.9 Å². The molecule has 0 radical (unpaired) electrons. The number of carbonyl (C=O) groups excluding carboxylic acids is 2. The number of nitrogens with zero attached hydrogens (tertiary/aromatic N) is 1. The van der Waals surface area contributed by atoms with E-state index >= 15 is 0 Å². The minimum atomic E-state index is -0.461. The van der Waals surface area contributed by atoms with E-state index in [1.165, 1.54) is 6.42 Å². The number of aryl methyl sites for hydroxylation is 1. The lowest BCUT2D eigenvalue weighted by Gasteiger charge is -2.36. The quantitative estimate of drug-likeness (QED) is 0.837. The van der Waals surface area contributed by atoms with Crippen LogP contribution in [-0.4, -0.2) is 27.7 Å². The smallest absolute Gasteiger partial charge is 0.290 e. The fourth-order valence-corrected chi connectivity index (χ4v) is 4.29. The number of aliphatic hydroxyl groups excluding tert-OH is 1. The Morgan fingerprint density at radius 2 is 1.92 bits per heavy atom. The van der Waals surface area contributed by atoms with Crippen LogP contribution in [-0.2, 0) is 9.59 Å². The van der Waals surface area contributed by atoms with Crippen LogP contribution in [0.4, 0.5) is 0 Å². The molecule has 4 heteroatoms. The van der Waals surface area contributed by atoms with Crippen molar-refractivity contribution in [2.75, 3.05) is 0 Å². The molecule has 140 valence electrons. The fourth-order valence-electron chi connectivity index (χ4n) is 4.29. The van der Waals surface area contributed by atoms with Crippen LogP contribution in [0.1, 0.15) is 69.5 Å². The van der Waals surface area contributed by atoms with Crippen molar-refractivity contribution in [1.82, 2.24) is 4.90 Å². The molecule has 1 aromatic carbocycles. The van der Waals surface area contributed by atoms with Gasteiger partial charge in [-0.25, -0.2) is 0 Å². The molecule has 4 nitrogen and oxygen atoms in total. The molecule has 1 atom stereocenters. The number of aliphatic hydroxyl groups is 1. The highest BCUT2D eigenvalue weighted by molar-refractivity contribution is 6.09. The Morgan fingerprint density at radius 1 is 1.23 bits per heavy atom. The van der Waals surface area contributed by atoms with E-state index < -0.39 is 6.04 Å². The monoisotopic (exact) mass is 355 g/mol. The summed E-state index contributed by atoms with van der Waals surface area (Å²) in [5, 5.41) is 10.6. The van der Waals surface area contributed by atoms with Crippen LogP contribution in [0.15, 0.2) is 35.6 Å². The molecule has 1 aliphatic carbocycles. The Kier molecular flexibility index (Phi) is 5.49. The van der Waals surface area contributed by atoms with Gasteiger partial charge in [-0.15, -0.1) is 0 Å². The first-order valence-corrected chi connectivity index (χ1v) is 9.75. The van der Waals surface area contributed by atoms with Crippen molar-refractivity contribution in [3.8, 4) is 0 Å². The van der Waals surface area contributed by atoms with E-state index in [9.17, 15) is 14.7 Å². The molecule has 0 bridgehead atoms. The maximum Gasteiger partial charge on any atom is 0.290 e. The summed E-state index contributed by atoms with van der Waals surface area (Å²) in [6, 6.07) is 7.57. The molecule has 0 saturated heterocycles. The SMILES string of the molecule is Cc1cccc(C2C(C(=O)CC(C)C)=C(O)C(=O)N2C2CCCCC2)c1. The van der Waals surface area contributed by atoms with E-state index in [4.69, 9.17) is 0 Å². The van der Waals surface area contributed by atoms with Crippen LogP contribution in [0, 0.1) is 12.8 Å². The third-order valence-electron chi connectivity index (χ3n) is 5.46. The molecule has 1 saturated carbocycles. The first-order chi connectivity index (χ1) is 12.4. The first kappa shape index (κ1) is 18.7. The minimum absolute atomic E-state index is 0.0910. The van der Waals surface area contributed by atoms with Gasteiger partial charge in [0.1, 0.15) is 0 Å². The molecule has 1 amide bonds. The van der Waals surface area contributed by atoms with E-state index in [0.29, 0.717) is 12.0 Å². The van der Waals surface area contributed by atoms with Crippen LogP contribution in [0.3, 0.4) is 0 Å². The van der Waals surface area contributed by atoms with E-state index in [0.717, 1.165) is 36.8 Å². The molecular weight excluding hydrogens is 326 g/mol. The van der Waals surface area contributed by atoms with Gasteiger partial charge in [0.05, 0.1) is 11.6 Å². The lowest BCUT2D eigenvalue weighted by atomic mass is 9.88. The van der Waals surface area contributed by atoms with Crippen molar-refractivity contribution in [2.45, 2.75) is 71.4 Å². The number of Topliss-reactive ketones (excluding diaryl/α,β-unsaturated/α-hetero) is 1. The van der Waals surface area contributed by atoms with Crippen LogP contribution in [0.2, 0.25) is 0 Å². The summed E-state index contributed by atoms with van der Waals surface area (Å²) in [4.78, 5) is 27.6. The second kappa shape index (κ2) is 7.65. The van der Waals surface area contributed by atoms with E-state index in [1.807, 2.05) is 45.0 Å². The molecule has 26 heavy (non-hydrogen) atoms. The van der Waals surface area contributed by atoms with Gasteiger partial charge in [0.25, 0.3) is 5.91 Å². The van der Waals surface area contributed by atoms with Crippen LogP contribution >= 0.6 is 0 Å². The third-order valence-corrected chi connectivity index (χ3v) is 5.46. The Labute approximate surface area is 155 Å². The fraction of sp³-hybridized carbons (Fsp3) is 0.545. The predicted octanol–water partition coefficient (Wildman–Crippen LogP) is 4.64. The molecular formula is C22H29NO3. The average Bonchev–Trinajstić information content (AvgIpc) is 2.87. The topological polar surface area (TPSA) is 57.6 Å². The van der Waals surface area contributed by atoms with Gasteiger partial charge in [-0.3, -0.25) is 9.59 Å². The van der Waals surface area contributed by atoms with Crippen molar-refractivity contribution in [3.05, 3.63) is 46.7 Å². The molecule has 1 N–H and O–H groups in total. The molecule has 1 unspecified atom stereocenters. The standard InChI is InChI=1S/C22H29NO3/c1-14(2)12-18(24)19-20(16-9-7-8-15(3)13-16)23(22(26)21(19)25)17-10-5-4-6-11-17/h7-9,13-14,17,20,25H,4-6,10-12H2,1-3H3. The van der Waals surface area contributed by atoms with Crippen molar-refractivity contribution in [3.63, 3.8) is 0 Å². The van der Waals surface area contributed by atoms with E-state index in [2.05, 4.69) is 0 Å². The van der Waals surface area contributed by atoms with Gasteiger partial charge >= 0.3 is 0 Å². The van der Waals surface area contributed by atoms with Gasteiger partial charge in [0.2, 0.25) is 0 Å². The predicted molar refractivity (Wildman–Crippen MR) is 102 cm³/mol. The summed E-state index contributed by atoms with van der Waals surface area (Å²) < 4.78 is 0. The number of ketones is 1. The summed E-state index contributed by atoms with van der Waals surface area (Å²) in [5.41, 5.74) is 2.29. The number of hydrogen-bond donors (Lipinski definition) is 1. The number of carbonyl (C=O) groups is 2. The lowest BCUT2D eigenvalue weighted by Crippen LogP contribution is -2.41. The molecule has 1 fully saturated rings. The first-order valence-electron chi connectivity index (χ1n) is 9.75. The van der Waals surface area contributed by atoms with Crippen LogP contribution < -0.4 is 0 Å². The van der Waals surface area contributed by atoms with Crippen molar-refractivity contribution < 1.29 is 14.7 Å². The number of rotatable bonds is 5. The highest BCUT2D eigenvalue weighted by Crippen LogP contribution is 2.42. The summed E-state index contributed by atoms with van der Waals surface area (Å²) in [7, 11) is 0. The number of benzene rings is 1. The molecule has 3 rings (SSSR count). The zero-order valence-corrected chi connectivity index (χ0v) is 16.0. The van der Waals surface area contributed by atoms with Crippen LogP contribution in [0.25, 0.3) is 0 Å². The second-order valence-electron chi connectivity index (χ2n) is 8.10. The average molecular weight is 355 g/mol. The molecule has 0 spiro atoms. The van der Waals surface area contributed by atoms with Gasteiger partial charge < -0.3 is 10.0 Å². The Balaban J connectivity index is 2.05. The maximum absolute atomic E-state index is 12.9. The van der Waals surface area contributed by atoms with Gasteiger partial charge in [0.15, 0.2) is 11.5 Å². The van der Waals surface area contributed by atoms with Crippen molar-refractivity contribution in [1.29, 1.82) is 0 Å². The summed E-state index contributed by atoms with van der Waals surface area (Å²) in [6.45, 7) is 5.96. The Bertz CT molecular complexity index is 729. The molecule has 1 aromatic rings. The summed E-state index contributed by atoms with van der Waals surface area (Å²) in [5.74, 6) is -0.654. The van der Waals surface area contributed by atoms with Crippen LogP contribution in [0.5, 0.6) is 0 Å². The highest BCUT2D eigenvalue weighted by Gasteiger charge is 2.46. The maximum atomic E-state index is 12.9. The Hall–Kier alpha value is -2.10. The highest BCUT2D eigenvalue weighted by atomic mass is 16.3. The second-order valence-corrected chi connectivity index (χ2v) is 8.10. The number of hydrogen-bond acceptors (Lipinski definition) is 3. The molecule has 1 aliphatic heterocycles. The summed E-state index contributed by atoms with van der Waals surface area (Å²) in [6.07, 6.45) is 5.58. The van der Waals surface area contributed by atoms with Crippen molar-refractivity contribution in [2.24, 2.45) is 5.92 Å². The number of amides is 1. The lowest BCUT2D eigenvalue weighted by molar-refractivity contribution is -0.132. The van der Waals surface area contributed by atoms with Gasteiger partial charge in [0, 0.05) is 12.5 Å². The third kappa shape index (κ3) is 3.55. The van der Waals surface area contributed by atoms with Gasteiger partial charge in [-0.2, -0.15) is 0 Å². The Morgan fingerprint density at radius 3 is 2.54 bits per heavy atom. The normalized spacial score (nSPS) is 21.8. The summed E-state index contributed by atoms with van der Waals surface area (Å²) >= 11 is 0. The van der Waals surface area contributed by atoms with E-state index in [-0.39, 0.29) is 29.4 Å². The van der Waals surface area contributed by atoms with Crippen molar-refractivity contribution >= 4 is 11.7 Å². The zero-order chi connectivity index (χ0) is 18.8. The molecule has 1 heterocycles. The minimum Gasteiger partial charge on any atom is -0.503 e. The molecule has 2 aliphatic rings. The van der Waals surface area contributed by atoms with Gasteiger partial charge in [-0.05, 0) is 31.2 Å². The van der Waals surface area contributed by atoms with E-state index in [1.54, 1.807) is 4.90 Å².